The molecule has 0 fully saturated rings. The van der Waals surface area contributed by atoms with E-state index in [4.69, 9.17) is 34.8 Å². The fourth-order valence-corrected chi connectivity index (χ4v) is 1.97. The molecule has 2 nitrogen and oxygen atoms in total. The average Bonchev–Trinajstić information content (AvgIpc) is 2.20. The van der Waals surface area contributed by atoms with Crippen LogP contribution in [0.3, 0.4) is 0 Å². The number of hydrogen-bond donors (Lipinski definition) is 1. The molecule has 0 aliphatic rings. The van der Waals surface area contributed by atoms with Gasteiger partial charge in [0, 0.05) is 12.0 Å². The first-order valence-electron chi connectivity index (χ1n) is 4.37. The number of carbonyl (C=O) groups excluding carboxylic acids is 1. The maximum absolute atomic E-state index is 10.2. The second-order valence-electron chi connectivity index (χ2n) is 3.04. The molecule has 0 amide bonds. The van der Waals surface area contributed by atoms with Crippen molar-refractivity contribution in [1.82, 2.24) is 0 Å². The van der Waals surface area contributed by atoms with Crippen LogP contribution in [-0.2, 0) is 11.2 Å². The Morgan fingerprint density at radius 3 is 2.53 bits per heavy atom. The summed E-state index contributed by atoms with van der Waals surface area (Å²) in [5, 5.41) is 10.4. The molecule has 1 aromatic carbocycles. The molecule has 0 bridgehead atoms. The van der Waals surface area contributed by atoms with E-state index in [1.54, 1.807) is 0 Å². The van der Waals surface area contributed by atoms with Gasteiger partial charge >= 0.3 is 0 Å². The second-order valence-corrected chi connectivity index (χ2v) is 4.23. The summed E-state index contributed by atoms with van der Waals surface area (Å²) in [7, 11) is 0. The lowest BCUT2D eigenvalue weighted by atomic mass is 10.1. The Morgan fingerprint density at radius 1 is 1.27 bits per heavy atom. The largest absolute Gasteiger partial charge is 0.506 e. The van der Waals surface area contributed by atoms with Gasteiger partial charge in [-0.05, 0) is 18.9 Å². The summed E-state index contributed by atoms with van der Waals surface area (Å²) < 4.78 is 0. The third kappa shape index (κ3) is 3.00. The maximum Gasteiger partial charge on any atom is 0.138 e. The van der Waals surface area contributed by atoms with E-state index in [1.165, 1.54) is 6.07 Å². The SMILES string of the molecule is O=CCCCc1c(O)c(Cl)cc(Cl)c1Cl. The summed E-state index contributed by atoms with van der Waals surface area (Å²) in [6.45, 7) is 0. The molecule has 0 heterocycles. The molecule has 0 aromatic heterocycles. The standard InChI is InChI=1S/C10H9Cl3O2/c11-7-5-8(12)10(15)6(9(7)13)3-1-2-4-14/h4-5,15H,1-3H2. The second kappa shape index (κ2) is 5.59. The number of unbranched alkanes of at least 4 members (excludes halogenated alkanes) is 1. The molecule has 1 rings (SSSR count). The lowest BCUT2D eigenvalue weighted by Crippen LogP contribution is -1.90. The van der Waals surface area contributed by atoms with Crippen LogP contribution in [0.2, 0.25) is 15.1 Å². The van der Waals surface area contributed by atoms with Gasteiger partial charge in [-0.1, -0.05) is 34.8 Å². The summed E-state index contributed by atoms with van der Waals surface area (Å²) in [5.41, 5.74) is 0.496. The molecule has 0 aliphatic carbocycles. The van der Waals surface area contributed by atoms with Gasteiger partial charge in [-0.15, -0.1) is 0 Å². The Bertz CT molecular complexity index is 351. The van der Waals surface area contributed by atoms with Crippen LogP contribution >= 0.6 is 34.8 Å². The Labute approximate surface area is 103 Å². The van der Waals surface area contributed by atoms with Crippen molar-refractivity contribution in [2.75, 3.05) is 0 Å². The molecular formula is C10H9Cl3O2. The van der Waals surface area contributed by atoms with Crippen molar-refractivity contribution < 1.29 is 9.90 Å². The van der Waals surface area contributed by atoms with Crippen molar-refractivity contribution in [2.24, 2.45) is 0 Å². The number of phenols is 1. The Balaban J connectivity index is 2.98. The monoisotopic (exact) mass is 266 g/mol. The summed E-state index contributed by atoms with van der Waals surface area (Å²) in [4.78, 5) is 10.2. The van der Waals surface area contributed by atoms with Crippen LogP contribution in [0.4, 0.5) is 0 Å². The average molecular weight is 268 g/mol. The van der Waals surface area contributed by atoms with Crippen LogP contribution in [0, 0.1) is 0 Å². The van der Waals surface area contributed by atoms with Crippen LogP contribution in [-0.4, -0.2) is 11.4 Å². The zero-order chi connectivity index (χ0) is 11.4. The molecule has 0 atom stereocenters. The topological polar surface area (TPSA) is 37.3 Å². The van der Waals surface area contributed by atoms with Gasteiger partial charge in [0.05, 0.1) is 15.1 Å². The molecule has 0 unspecified atom stereocenters. The Hall–Kier alpha value is -0.440. The third-order valence-corrected chi connectivity index (χ3v) is 3.10. The number of aromatic hydroxyl groups is 1. The van der Waals surface area contributed by atoms with Crippen LogP contribution in [0.15, 0.2) is 6.07 Å². The van der Waals surface area contributed by atoms with E-state index in [0.717, 1.165) is 6.29 Å². The number of aldehydes is 1. The molecule has 1 aromatic rings. The van der Waals surface area contributed by atoms with Gasteiger partial charge in [0.25, 0.3) is 0 Å². The zero-order valence-corrected chi connectivity index (χ0v) is 10.0. The van der Waals surface area contributed by atoms with Gasteiger partial charge in [0.15, 0.2) is 0 Å². The van der Waals surface area contributed by atoms with E-state index in [1.807, 2.05) is 0 Å². The summed E-state index contributed by atoms with van der Waals surface area (Å²) >= 11 is 17.5. The first-order valence-corrected chi connectivity index (χ1v) is 5.50. The van der Waals surface area contributed by atoms with Gasteiger partial charge in [0.2, 0.25) is 0 Å². The van der Waals surface area contributed by atoms with Crippen LogP contribution < -0.4 is 0 Å². The molecular weight excluding hydrogens is 258 g/mol. The van der Waals surface area contributed by atoms with Gasteiger partial charge in [-0.2, -0.15) is 0 Å². The molecule has 5 heteroatoms. The first kappa shape index (κ1) is 12.6. The van der Waals surface area contributed by atoms with Gasteiger partial charge in [0.1, 0.15) is 12.0 Å². The summed E-state index contributed by atoms with van der Waals surface area (Å²) in [6, 6.07) is 1.39. The normalized spacial score (nSPS) is 10.3. The predicted octanol–water partition coefficient (Wildman–Crippen LogP) is 3.87. The zero-order valence-electron chi connectivity index (χ0n) is 7.77. The highest BCUT2D eigenvalue weighted by atomic mass is 35.5. The van der Waals surface area contributed by atoms with E-state index in [-0.39, 0.29) is 10.8 Å². The number of halogens is 3. The maximum atomic E-state index is 10.2. The number of hydrogen-bond acceptors (Lipinski definition) is 2. The first-order chi connectivity index (χ1) is 7.07. The fraction of sp³-hybridized carbons (Fsp3) is 0.300. The number of carbonyl (C=O) groups is 1. The number of benzene rings is 1. The van der Waals surface area contributed by atoms with E-state index < -0.39 is 0 Å². The Morgan fingerprint density at radius 2 is 1.93 bits per heavy atom. The van der Waals surface area contributed by atoms with E-state index in [9.17, 15) is 9.90 Å². The number of rotatable bonds is 4. The third-order valence-electron chi connectivity index (χ3n) is 1.99. The molecule has 82 valence electrons. The van der Waals surface area contributed by atoms with Gasteiger partial charge in [-0.3, -0.25) is 0 Å². The molecule has 0 radical (unpaired) electrons. The minimum absolute atomic E-state index is 0.0584. The van der Waals surface area contributed by atoms with Crippen LogP contribution in [0.25, 0.3) is 0 Å². The van der Waals surface area contributed by atoms with Crippen molar-refractivity contribution in [3.8, 4) is 5.75 Å². The molecule has 0 aliphatic heterocycles. The minimum Gasteiger partial charge on any atom is -0.506 e. The van der Waals surface area contributed by atoms with Crippen LogP contribution in [0.1, 0.15) is 18.4 Å². The molecule has 0 saturated carbocycles. The van der Waals surface area contributed by atoms with E-state index in [2.05, 4.69) is 0 Å². The predicted molar refractivity (Wildman–Crippen MR) is 62.1 cm³/mol. The molecule has 0 spiro atoms. The van der Waals surface area contributed by atoms with Crippen molar-refractivity contribution in [3.05, 3.63) is 26.7 Å². The quantitative estimate of drug-likeness (QED) is 0.511. The van der Waals surface area contributed by atoms with Crippen molar-refractivity contribution in [1.29, 1.82) is 0 Å². The van der Waals surface area contributed by atoms with Crippen molar-refractivity contribution in [3.63, 3.8) is 0 Å². The Kier molecular flexibility index (Phi) is 4.71. The fourth-order valence-electron chi connectivity index (χ4n) is 1.23. The number of phenolic OH excluding ortho intramolecular Hbond substituents is 1. The van der Waals surface area contributed by atoms with Crippen molar-refractivity contribution in [2.45, 2.75) is 19.3 Å². The van der Waals surface area contributed by atoms with Crippen LogP contribution in [0.5, 0.6) is 5.75 Å². The summed E-state index contributed by atoms with van der Waals surface area (Å²) in [6.07, 6.45) is 2.31. The molecule has 0 saturated heterocycles. The van der Waals surface area contributed by atoms with Crippen molar-refractivity contribution >= 4 is 41.1 Å². The highest BCUT2D eigenvalue weighted by Gasteiger charge is 2.13. The lowest BCUT2D eigenvalue weighted by Gasteiger charge is -2.09. The van der Waals surface area contributed by atoms with Gasteiger partial charge < -0.3 is 9.90 Å². The smallest absolute Gasteiger partial charge is 0.138 e. The highest BCUT2D eigenvalue weighted by Crippen LogP contribution is 2.38. The molecule has 15 heavy (non-hydrogen) atoms. The lowest BCUT2D eigenvalue weighted by molar-refractivity contribution is -0.107. The highest BCUT2D eigenvalue weighted by molar-refractivity contribution is 6.44. The van der Waals surface area contributed by atoms with E-state index in [0.29, 0.717) is 34.9 Å². The minimum atomic E-state index is -0.0584. The van der Waals surface area contributed by atoms with Gasteiger partial charge in [-0.25, -0.2) is 0 Å². The van der Waals surface area contributed by atoms with E-state index >= 15 is 0 Å². The summed E-state index contributed by atoms with van der Waals surface area (Å²) in [5.74, 6) is -0.0584. The molecule has 1 N–H and O–H groups in total.